The summed E-state index contributed by atoms with van der Waals surface area (Å²) in [5, 5.41) is 50.6. The van der Waals surface area contributed by atoms with Gasteiger partial charge in [-0.25, -0.2) is 0 Å². The van der Waals surface area contributed by atoms with E-state index in [1.54, 1.807) is 23.1 Å². The van der Waals surface area contributed by atoms with Crippen LogP contribution >= 0.6 is 11.6 Å². The molecule has 48 heavy (non-hydrogen) atoms. The van der Waals surface area contributed by atoms with Crippen LogP contribution in [0.3, 0.4) is 0 Å². The lowest BCUT2D eigenvalue weighted by Gasteiger charge is -2.45. The number of nitrogens with two attached hydrogens (primary N) is 1. The van der Waals surface area contributed by atoms with Crippen molar-refractivity contribution in [2.45, 2.75) is 90.6 Å². The fraction of sp³-hybridized carbons (Fsp3) is 0.405. The summed E-state index contributed by atoms with van der Waals surface area (Å²) in [5.41, 5.74) is 15.7. The highest BCUT2D eigenvalue weighted by Gasteiger charge is 2.43. The van der Waals surface area contributed by atoms with E-state index in [9.17, 15) is 20.6 Å². The summed E-state index contributed by atoms with van der Waals surface area (Å²) < 4.78 is 5.49. The number of hydrogen-bond acceptors (Lipinski definition) is 10. The van der Waals surface area contributed by atoms with Gasteiger partial charge in [-0.05, 0) is 117 Å². The number of aliphatic hydroxyl groups is 3. The van der Waals surface area contributed by atoms with E-state index in [2.05, 4.69) is 35.6 Å². The van der Waals surface area contributed by atoms with Crippen LogP contribution in [0.5, 0.6) is 0 Å². The smallest absolute Gasteiger partial charge is 0.141 e. The first-order valence-corrected chi connectivity index (χ1v) is 16.9. The highest BCUT2D eigenvalue weighted by molar-refractivity contribution is 6.32. The first kappa shape index (κ1) is 33.9. The summed E-state index contributed by atoms with van der Waals surface area (Å²) in [6.45, 7) is 7.00. The number of nitrogen functional groups attached to an aromatic ring is 1. The summed E-state index contributed by atoms with van der Waals surface area (Å²) in [4.78, 5) is 3.69. The third kappa shape index (κ3) is 6.80. The average Bonchev–Trinajstić information content (AvgIpc) is 3.56. The molecule has 4 atom stereocenters. The Kier molecular flexibility index (Phi) is 10.1. The second-order valence-electron chi connectivity index (χ2n) is 13.0. The van der Waals surface area contributed by atoms with E-state index in [0.29, 0.717) is 42.2 Å². The number of rotatable bonds is 10. The summed E-state index contributed by atoms with van der Waals surface area (Å²) in [5.74, 6) is 0.751. The van der Waals surface area contributed by atoms with Crippen molar-refractivity contribution in [2.75, 3.05) is 17.6 Å². The minimum Gasteiger partial charge on any atom is -0.399 e. The van der Waals surface area contributed by atoms with Crippen LogP contribution in [-0.2, 0) is 13.0 Å². The molecule has 11 heteroatoms. The first-order valence-electron chi connectivity index (χ1n) is 16.5. The molecule has 1 aromatic heterocycles. The van der Waals surface area contributed by atoms with Crippen LogP contribution in [0, 0.1) is 32.1 Å². The quantitative estimate of drug-likeness (QED) is 0.0940. The molecule has 3 aromatic carbocycles. The van der Waals surface area contributed by atoms with Gasteiger partial charge < -0.3 is 30.9 Å². The Morgan fingerprint density at radius 1 is 1.04 bits per heavy atom. The van der Waals surface area contributed by atoms with Crippen molar-refractivity contribution in [3.63, 3.8) is 0 Å². The molecule has 4 aromatic rings. The minimum atomic E-state index is -0.895. The molecule has 6 N–H and O–H groups in total. The zero-order valence-corrected chi connectivity index (χ0v) is 28.3. The normalized spacial score (nSPS) is 21.3. The molecule has 252 valence electrons. The number of piperidine rings is 1. The predicted octanol–water partition coefficient (Wildman–Crippen LogP) is 6.44. The molecule has 2 aliphatic rings. The van der Waals surface area contributed by atoms with Gasteiger partial charge in [0.25, 0.3) is 0 Å². The number of aromatic nitrogens is 1. The summed E-state index contributed by atoms with van der Waals surface area (Å²) >= 11 is 6.33. The zero-order valence-electron chi connectivity index (χ0n) is 27.6. The lowest BCUT2D eigenvalue weighted by Crippen LogP contribution is -2.58. The van der Waals surface area contributed by atoms with Gasteiger partial charge in [0.1, 0.15) is 30.5 Å². The van der Waals surface area contributed by atoms with Gasteiger partial charge in [0.05, 0.1) is 22.3 Å². The molecule has 6 rings (SSSR count). The zero-order chi connectivity index (χ0) is 34.1. The van der Waals surface area contributed by atoms with Crippen molar-refractivity contribution < 1.29 is 19.8 Å². The van der Waals surface area contributed by atoms with Crippen LogP contribution in [0.4, 0.5) is 17.1 Å². The Morgan fingerprint density at radius 3 is 2.58 bits per heavy atom. The Labute approximate surface area is 286 Å². The molecule has 1 fully saturated rings. The lowest BCUT2D eigenvalue weighted by atomic mass is 9.93. The molecule has 10 nitrogen and oxygen atoms in total. The number of aryl methyl sites for hydroxylation is 3. The van der Waals surface area contributed by atoms with E-state index in [1.807, 2.05) is 36.9 Å². The first-order chi connectivity index (χ1) is 23.0. The van der Waals surface area contributed by atoms with Crippen LogP contribution < -0.4 is 11.1 Å². The van der Waals surface area contributed by atoms with Gasteiger partial charge in [-0.15, -0.1) is 0 Å². The number of unbranched alkanes of at least 4 members (excludes halogenated alkanes) is 2. The number of halogens is 1. The standard InChI is InChI=1S/C37H43ClN6O4/c1-21-24(15-26(35-22(2)42-48-23(35)3)17-32(21)41-29-10-8-25(19-39)31(38)18-29)7-5-4-6-14-43-34(45)13-12-33(37(43)47)44-20-27-16-28(40)9-11-30(27)36(44)46/h8-11,15-18,33-34,36-37,41,45-47H,4-7,12-14,20,40H2,1-3H3. The Hall–Kier alpha value is -3.95. The predicted molar refractivity (Wildman–Crippen MR) is 186 cm³/mol. The van der Waals surface area contributed by atoms with Crippen molar-refractivity contribution in [1.82, 2.24) is 15.0 Å². The van der Waals surface area contributed by atoms with Crippen LogP contribution in [0.15, 0.2) is 53.1 Å². The van der Waals surface area contributed by atoms with E-state index in [-0.39, 0.29) is 6.04 Å². The van der Waals surface area contributed by atoms with Crippen LogP contribution in [0.25, 0.3) is 11.1 Å². The van der Waals surface area contributed by atoms with Crippen molar-refractivity contribution in [3.05, 3.63) is 92.8 Å². The van der Waals surface area contributed by atoms with Crippen LogP contribution in [0.1, 0.15) is 77.6 Å². The molecule has 0 amide bonds. The number of benzene rings is 3. The minimum absolute atomic E-state index is 0.302. The van der Waals surface area contributed by atoms with Crippen LogP contribution in [-0.4, -0.2) is 55.3 Å². The number of anilines is 3. The van der Waals surface area contributed by atoms with Gasteiger partial charge in [0.15, 0.2) is 0 Å². The van der Waals surface area contributed by atoms with Crippen molar-refractivity contribution in [1.29, 1.82) is 5.26 Å². The number of nitrogens with zero attached hydrogens (tertiary/aromatic N) is 4. The molecular weight excluding hydrogens is 628 g/mol. The number of nitriles is 1. The molecule has 0 aliphatic carbocycles. The Bertz CT molecular complexity index is 1820. The fourth-order valence-corrected chi connectivity index (χ4v) is 7.48. The van der Waals surface area contributed by atoms with Gasteiger partial charge >= 0.3 is 0 Å². The second kappa shape index (κ2) is 14.3. The fourth-order valence-electron chi connectivity index (χ4n) is 7.25. The maximum absolute atomic E-state index is 11.4. The van der Waals surface area contributed by atoms with E-state index in [0.717, 1.165) is 76.3 Å². The van der Waals surface area contributed by atoms with Gasteiger partial charge in [-0.2, -0.15) is 5.26 Å². The van der Waals surface area contributed by atoms with Gasteiger partial charge in [0, 0.05) is 35.7 Å². The highest BCUT2D eigenvalue weighted by atomic mass is 35.5. The van der Waals surface area contributed by atoms with Crippen LogP contribution in [0.2, 0.25) is 5.02 Å². The SMILES string of the molecule is Cc1noc(C)c1-c1cc(CCCCCN2C(O)CCC(N3Cc4cc(N)ccc4C3O)C2O)c(C)c(Nc2ccc(C#N)c(Cl)c2)c1. The topological polar surface area (TPSA) is 155 Å². The second-order valence-corrected chi connectivity index (χ2v) is 13.4. The van der Waals surface area contributed by atoms with Gasteiger partial charge in [0.2, 0.25) is 0 Å². The Balaban J connectivity index is 1.12. The van der Waals surface area contributed by atoms with E-state index in [4.69, 9.17) is 21.9 Å². The van der Waals surface area contributed by atoms with Gasteiger partial charge in [-0.1, -0.05) is 35.3 Å². The number of aliphatic hydroxyl groups excluding tert-OH is 3. The van der Waals surface area contributed by atoms with E-state index >= 15 is 0 Å². The number of nitrogens with one attached hydrogen (secondary N) is 1. The average molecular weight is 671 g/mol. The van der Waals surface area contributed by atoms with Crippen molar-refractivity contribution >= 4 is 28.7 Å². The highest BCUT2D eigenvalue weighted by Crippen LogP contribution is 2.39. The number of likely N-dealkylation sites (tertiary alicyclic amines) is 1. The summed E-state index contributed by atoms with van der Waals surface area (Å²) in [6.07, 6.45) is 2.14. The largest absolute Gasteiger partial charge is 0.399 e. The van der Waals surface area contributed by atoms with Crippen molar-refractivity contribution in [2.24, 2.45) is 0 Å². The number of fused-ring (bicyclic) bond motifs is 1. The Morgan fingerprint density at radius 2 is 1.85 bits per heavy atom. The molecule has 3 heterocycles. The molecule has 0 radical (unpaired) electrons. The molecular formula is C37H43ClN6O4. The van der Waals surface area contributed by atoms with Gasteiger partial charge in [-0.3, -0.25) is 9.80 Å². The maximum Gasteiger partial charge on any atom is 0.141 e. The van der Waals surface area contributed by atoms with E-state index in [1.165, 1.54) is 5.56 Å². The lowest BCUT2D eigenvalue weighted by molar-refractivity contribution is -0.184. The van der Waals surface area contributed by atoms with Crippen molar-refractivity contribution in [3.8, 4) is 17.2 Å². The van der Waals surface area contributed by atoms with E-state index < -0.39 is 18.7 Å². The molecule has 4 unspecified atom stereocenters. The summed E-state index contributed by atoms with van der Waals surface area (Å²) in [6, 6.07) is 16.9. The number of hydrogen-bond donors (Lipinski definition) is 5. The molecule has 0 bridgehead atoms. The third-order valence-corrected chi connectivity index (χ3v) is 10.2. The molecule has 0 saturated carbocycles. The monoisotopic (exact) mass is 670 g/mol. The maximum atomic E-state index is 11.4. The molecule has 0 spiro atoms. The summed E-state index contributed by atoms with van der Waals surface area (Å²) in [7, 11) is 0. The molecule has 2 aliphatic heterocycles. The third-order valence-electron chi connectivity index (χ3n) is 9.89. The molecule has 1 saturated heterocycles.